The Morgan fingerprint density at radius 2 is 1.77 bits per heavy atom. The van der Waals surface area contributed by atoms with Crippen LogP contribution < -0.4 is 14.8 Å². The molecule has 1 aliphatic heterocycles. The summed E-state index contributed by atoms with van der Waals surface area (Å²) in [6.45, 7) is 2.29. The minimum atomic E-state index is -1.25. The Bertz CT molecular complexity index is 867. The Morgan fingerprint density at radius 3 is 2.32 bits per heavy atom. The summed E-state index contributed by atoms with van der Waals surface area (Å²) in [5.41, 5.74) is -0.606. The Labute approximate surface area is 136 Å². The summed E-state index contributed by atoms with van der Waals surface area (Å²) in [6, 6.07) is 0. The van der Waals surface area contributed by atoms with E-state index in [9.17, 15) is 19.2 Å². The van der Waals surface area contributed by atoms with Crippen LogP contribution in [0.3, 0.4) is 0 Å². The zero-order valence-electron chi connectivity index (χ0n) is 10.8. The van der Waals surface area contributed by atoms with Crippen LogP contribution in [0.15, 0.2) is 4.79 Å². The normalized spacial score (nSPS) is 17.2. The minimum Gasteiger partial charge on any atom is -0.480 e. The number of amides is 1. The number of aliphatic carboxylic acids is 2. The zero-order valence-corrected chi connectivity index (χ0v) is 13.2. The van der Waals surface area contributed by atoms with Crippen molar-refractivity contribution in [2.75, 3.05) is 6.54 Å². The van der Waals surface area contributed by atoms with E-state index in [2.05, 4.69) is 6.58 Å². The molecule has 0 bridgehead atoms. The highest BCUT2D eigenvalue weighted by Gasteiger charge is 2.35. The standard InChI is InChI=1S/C11H8N2O6S3/c1-4-8(18)12(2-5(14)15)10(21-4)7-9(19)13(3-6(16)17)11(20)22-7/h1-3H2,(H,14,15)(H,16,17)/b10-7+. The molecular weight excluding hydrogens is 352 g/mol. The molecule has 11 heteroatoms. The molecular formula is C11H8N2O6S3. The van der Waals surface area contributed by atoms with Crippen LogP contribution in [0.2, 0.25) is 0 Å². The van der Waals surface area contributed by atoms with Gasteiger partial charge in [0.05, 0.1) is 4.53 Å². The van der Waals surface area contributed by atoms with Crippen LogP contribution in [-0.4, -0.2) is 48.4 Å². The Kier molecular flexibility index (Phi) is 4.49. The van der Waals surface area contributed by atoms with E-state index in [1.807, 2.05) is 0 Å². The van der Waals surface area contributed by atoms with Gasteiger partial charge in [-0.05, 0) is 0 Å². The number of thiazole rings is 1. The van der Waals surface area contributed by atoms with Gasteiger partial charge in [-0.2, -0.15) is 0 Å². The van der Waals surface area contributed by atoms with Crippen molar-refractivity contribution in [3.05, 3.63) is 19.5 Å². The number of carbonyl (C=O) groups is 3. The van der Waals surface area contributed by atoms with Crippen LogP contribution in [0.4, 0.5) is 0 Å². The molecule has 0 unspecified atom stereocenters. The average molecular weight is 360 g/mol. The molecule has 2 rings (SSSR count). The van der Waals surface area contributed by atoms with Crippen LogP contribution >= 0.6 is 35.3 Å². The van der Waals surface area contributed by atoms with E-state index >= 15 is 0 Å². The van der Waals surface area contributed by atoms with Crippen LogP contribution in [0, 0.1) is 0 Å². The number of carboxylic acid groups (broad SMARTS) is 2. The number of aromatic nitrogens is 1. The second-order valence-corrected chi connectivity index (χ2v) is 6.83. The van der Waals surface area contributed by atoms with Crippen LogP contribution in [0.1, 0.15) is 0 Å². The van der Waals surface area contributed by atoms with Gasteiger partial charge in [-0.1, -0.05) is 30.6 Å². The van der Waals surface area contributed by atoms with Crippen molar-refractivity contribution < 1.29 is 24.6 Å². The fourth-order valence-electron chi connectivity index (χ4n) is 1.70. The maximum Gasteiger partial charge on any atom is 0.323 e. The summed E-state index contributed by atoms with van der Waals surface area (Å²) in [7, 11) is 0. The van der Waals surface area contributed by atoms with E-state index in [0.29, 0.717) is 0 Å². The summed E-state index contributed by atoms with van der Waals surface area (Å²) in [6.07, 6.45) is 0. The summed E-state index contributed by atoms with van der Waals surface area (Å²) < 4.78 is 1.15. The third-order valence-corrected chi connectivity index (χ3v) is 5.18. The highest BCUT2D eigenvalue weighted by atomic mass is 32.2. The molecule has 22 heavy (non-hydrogen) atoms. The summed E-state index contributed by atoms with van der Waals surface area (Å²) in [4.78, 5) is 46.7. The van der Waals surface area contributed by atoms with Crippen LogP contribution in [0.5, 0.6) is 0 Å². The molecule has 1 aromatic rings. The predicted molar refractivity (Wildman–Crippen MR) is 83.9 cm³/mol. The first-order valence-corrected chi connectivity index (χ1v) is 7.66. The molecule has 0 aromatic carbocycles. The molecule has 0 spiro atoms. The quantitative estimate of drug-likeness (QED) is 0.621. The van der Waals surface area contributed by atoms with Crippen molar-refractivity contribution in [3.8, 4) is 0 Å². The smallest absolute Gasteiger partial charge is 0.323 e. The molecule has 1 saturated heterocycles. The second-order valence-electron chi connectivity index (χ2n) is 4.10. The van der Waals surface area contributed by atoms with E-state index in [0.717, 1.165) is 32.6 Å². The third kappa shape index (κ3) is 2.96. The number of rotatable bonds is 4. The van der Waals surface area contributed by atoms with Crippen LogP contribution in [0.25, 0.3) is 11.5 Å². The minimum absolute atomic E-state index is 0.0319. The predicted octanol–water partition coefficient (Wildman–Crippen LogP) is -1.54. The van der Waals surface area contributed by atoms with Gasteiger partial charge in [0.15, 0.2) is 0 Å². The van der Waals surface area contributed by atoms with Gasteiger partial charge < -0.3 is 10.2 Å². The maximum absolute atomic E-state index is 12.3. The highest BCUT2D eigenvalue weighted by molar-refractivity contribution is 8.30. The number of carbonyl (C=O) groups excluding carboxylic acids is 1. The van der Waals surface area contributed by atoms with Gasteiger partial charge in [-0.3, -0.25) is 28.6 Å². The third-order valence-electron chi connectivity index (χ3n) is 2.58. The molecule has 1 fully saturated rings. The molecule has 2 heterocycles. The number of hydrogen-bond donors (Lipinski definition) is 2. The molecule has 1 aromatic heterocycles. The highest BCUT2D eigenvalue weighted by Crippen LogP contribution is 2.30. The summed E-state index contributed by atoms with van der Waals surface area (Å²) >= 11 is 6.65. The average Bonchev–Trinajstić information content (AvgIpc) is 2.82. The van der Waals surface area contributed by atoms with Crippen molar-refractivity contribution in [1.29, 1.82) is 0 Å². The number of thioether (sulfide) groups is 1. The van der Waals surface area contributed by atoms with Crippen molar-refractivity contribution >= 4 is 69.0 Å². The molecule has 0 aliphatic carbocycles. The largest absolute Gasteiger partial charge is 0.480 e. The Morgan fingerprint density at radius 1 is 1.18 bits per heavy atom. The number of carboxylic acids is 2. The lowest BCUT2D eigenvalue weighted by Gasteiger charge is -2.10. The lowest BCUT2D eigenvalue weighted by molar-refractivity contribution is -0.140. The Balaban J connectivity index is 2.64. The molecule has 8 nitrogen and oxygen atoms in total. The van der Waals surface area contributed by atoms with E-state index in [-0.39, 0.29) is 18.4 Å². The Hall–Kier alpha value is -1.98. The number of thiocarbonyl (C=S) groups is 1. The fraction of sp³-hybridized carbons (Fsp3) is 0.182. The fourth-order valence-corrected chi connectivity index (χ4v) is 4.05. The molecule has 116 valence electrons. The van der Waals surface area contributed by atoms with Gasteiger partial charge >= 0.3 is 11.9 Å². The van der Waals surface area contributed by atoms with Gasteiger partial charge in [-0.15, -0.1) is 11.3 Å². The van der Waals surface area contributed by atoms with E-state index < -0.39 is 36.5 Å². The molecule has 1 amide bonds. The lowest BCUT2D eigenvalue weighted by atomic mass is 10.4. The van der Waals surface area contributed by atoms with Crippen molar-refractivity contribution in [3.63, 3.8) is 0 Å². The van der Waals surface area contributed by atoms with E-state index in [1.54, 1.807) is 0 Å². The molecule has 1 aliphatic rings. The van der Waals surface area contributed by atoms with Gasteiger partial charge in [0.25, 0.3) is 11.5 Å². The zero-order chi connectivity index (χ0) is 16.6. The van der Waals surface area contributed by atoms with Gasteiger partial charge in [-0.25, -0.2) is 0 Å². The molecule has 0 radical (unpaired) electrons. The van der Waals surface area contributed by atoms with Gasteiger partial charge in [0.1, 0.15) is 27.0 Å². The van der Waals surface area contributed by atoms with Crippen molar-refractivity contribution in [2.45, 2.75) is 6.54 Å². The lowest BCUT2D eigenvalue weighted by Crippen LogP contribution is -2.36. The topological polar surface area (TPSA) is 117 Å². The number of hydrogen-bond acceptors (Lipinski definition) is 7. The summed E-state index contributed by atoms with van der Waals surface area (Å²) in [5.74, 6) is -3.15. The second kappa shape index (κ2) is 6.02. The first-order valence-electron chi connectivity index (χ1n) is 5.62. The van der Waals surface area contributed by atoms with Crippen molar-refractivity contribution in [2.24, 2.45) is 0 Å². The number of nitrogens with zero attached hydrogens (tertiary/aromatic N) is 2. The SMILES string of the molecule is C=c1s/c(=C2/SC(=S)N(CC(=O)O)C2=O)n(CC(=O)O)c1=O. The van der Waals surface area contributed by atoms with Gasteiger partial charge in [0, 0.05) is 0 Å². The molecule has 2 N–H and O–H groups in total. The van der Waals surface area contributed by atoms with E-state index in [4.69, 9.17) is 22.4 Å². The first kappa shape index (κ1) is 16.4. The maximum atomic E-state index is 12.3. The molecule has 0 saturated carbocycles. The van der Waals surface area contributed by atoms with Crippen LogP contribution in [-0.2, 0) is 20.9 Å². The summed E-state index contributed by atoms with van der Waals surface area (Å²) in [5, 5.41) is 17.6. The van der Waals surface area contributed by atoms with Gasteiger partial charge in [0.2, 0.25) is 0 Å². The first-order chi connectivity index (χ1) is 10.2. The molecule has 0 atom stereocenters. The van der Waals surface area contributed by atoms with E-state index in [1.165, 1.54) is 0 Å². The van der Waals surface area contributed by atoms with Crippen molar-refractivity contribution in [1.82, 2.24) is 9.47 Å². The monoisotopic (exact) mass is 360 g/mol.